The predicted molar refractivity (Wildman–Crippen MR) is 88.0 cm³/mol. The topological polar surface area (TPSA) is 62.7 Å². The van der Waals surface area contributed by atoms with Gasteiger partial charge in [0.25, 0.3) is 0 Å². The summed E-state index contributed by atoms with van der Waals surface area (Å²) < 4.78 is 44.3. The van der Waals surface area contributed by atoms with Gasteiger partial charge in [0.15, 0.2) is 0 Å². The predicted octanol–water partition coefficient (Wildman–Crippen LogP) is 3.59. The monoisotopic (exact) mass is 366 g/mol. The van der Waals surface area contributed by atoms with Crippen LogP contribution in [0.25, 0.3) is 0 Å². The molecule has 138 valence electrons. The number of carboxylic acid groups (broad SMARTS) is 1. The number of nitrogens with zero attached hydrogens (tertiary/aromatic N) is 2. The average molecular weight is 366 g/mol. The second kappa shape index (κ2) is 7.33. The molecule has 1 aromatic carbocycles. The van der Waals surface area contributed by atoms with Gasteiger partial charge in [-0.25, -0.2) is 4.79 Å². The van der Waals surface area contributed by atoms with Crippen molar-refractivity contribution >= 4 is 11.7 Å². The fraction of sp³-hybridized carbons (Fsp3) is 0.333. The summed E-state index contributed by atoms with van der Waals surface area (Å²) in [4.78, 5) is 17.3. The van der Waals surface area contributed by atoms with E-state index in [1.807, 2.05) is 12.1 Å². The zero-order valence-corrected chi connectivity index (χ0v) is 13.7. The number of alkyl halides is 3. The number of ether oxygens (including phenoxy) is 1. The first kappa shape index (κ1) is 18.2. The third kappa shape index (κ3) is 4.13. The van der Waals surface area contributed by atoms with Crippen molar-refractivity contribution in [2.45, 2.75) is 25.3 Å². The van der Waals surface area contributed by atoms with E-state index >= 15 is 0 Å². The summed E-state index contributed by atoms with van der Waals surface area (Å²) in [6.07, 6.45) is -2.39. The molecule has 0 amide bonds. The van der Waals surface area contributed by atoms with Crippen molar-refractivity contribution in [1.82, 2.24) is 4.98 Å². The molecule has 0 bridgehead atoms. The van der Waals surface area contributed by atoms with Crippen LogP contribution < -0.4 is 4.90 Å². The van der Waals surface area contributed by atoms with Crippen molar-refractivity contribution in [3.8, 4) is 0 Å². The van der Waals surface area contributed by atoms with Crippen molar-refractivity contribution in [1.29, 1.82) is 0 Å². The molecule has 1 fully saturated rings. The van der Waals surface area contributed by atoms with Crippen LogP contribution in [-0.2, 0) is 17.5 Å². The van der Waals surface area contributed by atoms with E-state index in [1.54, 1.807) is 17.2 Å². The van der Waals surface area contributed by atoms with Crippen LogP contribution in [0.15, 0.2) is 42.6 Å². The molecule has 8 heteroatoms. The first-order chi connectivity index (χ1) is 12.3. The standard InChI is InChI=1S/C18H17F3N2O3/c19-18(20,21)12-4-5-16(15(9-12)17(24)25)23-8-6-14(10-23)26-11-13-3-1-2-7-22-13/h1-5,7,9,14H,6,8,10-11H2,(H,24,25)/t14-/m1/s1. The molecule has 0 spiro atoms. The first-order valence-corrected chi connectivity index (χ1v) is 8.05. The largest absolute Gasteiger partial charge is 0.478 e. The number of carbonyl (C=O) groups is 1. The maximum absolute atomic E-state index is 12.8. The Labute approximate surface area is 148 Å². The van der Waals surface area contributed by atoms with Crippen molar-refractivity contribution < 1.29 is 27.8 Å². The van der Waals surface area contributed by atoms with Crippen LogP contribution in [0.3, 0.4) is 0 Å². The Bertz CT molecular complexity index is 781. The lowest BCUT2D eigenvalue weighted by molar-refractivity contribution is -0.137. The summed E-state index contributed by atoms with van der Waals surface area (Å²) in [5.41, 5.74) is -0.271. The molecule has 0 radical (unpaired) electrons. The second-order valence-electron chi connectivity index (χ2n) is 6.02. The van der Waals surface area contributed by atoms with Crippen LogP contribution >= 0.6 is 0 Å². The highest BCUT2D eigenvalue weighted by molar-refractivity contribution is 5.94. The molecular weight excluding hydrogens is 349 g/mol. The van der Waals surface area contributed by atoms with Crippen molar-refractivity contribution in [2.24, 2.45) is 0 Å². The quantitative estimate of drug-likeness (QED) is 0.876. The number of halogens is 3. The summed E-state index contributed by atoms with van der Waals surface area (Å²) in [6.45, 7) is 1.26. The Morgan fingerprint density at radius 3 is 2.77 bits per heavy atom. The van der Waals surface area contributed by atoms with Gasteiger partial charge in [-0.2, -0.15) is 13.2 Å². The zero-order chi connectivity index (χ0) is 18.7. The SMILES string of the molecule is O=C(O)c1cc(C(F)(F)F)ccc1N1CC[C@@H](OCc2ccccn2)C1. The normalized spacial score (nSPS) is 17.5. The lowest BCUT2D eigenvalue weighted by Gasteiger charge is -2.21. The van der Waals surface area contributed by atoms with E-state index in [0.29, 0.717) is 32.2 Å². The Kier molecular flexibility index (Phi) is 5.13. The van der Waals surface area contributed by atoms with E-state index < -0.39 is 17.7 Å². The minimum atomic E-state index is -4.58. The number of rotatable bonds is 5. The van der Waals surface area contributed by atoms with Crippen LogP contribution in [-0.4, -0.2) is 35.3 Å². The smallest absolute Gasteiger partial charge is 0.416 e. The maximum Gasteiger partial charge on any atom is 0.416 e. The highest BCUT2D eigenvalue weighted by Crippen LogP contribution is 2.34. The van der Waals surface area contributed by atoms with Crippen molar-refractivity contribution in [3.05, 3.63) is 59.4 Å². The molecule has 26 heavy (non-hydrogen) atoms. The average Bonchev–Trinajstić information content (AvgIpc) is 3.08. The molecule has 1 aromatic heterocycles. The number of hydrogen-bond acceptors (Lipinski definition) is 4. The van der Waals surface area contributed by atoms with E-state index in [1.165, 1.54) is 6.07 Å². The molecule has 0 saturated carbocycles. The number of aromatic nitrogens is 1. The minimum absolute atomic E-state index is 0.138. The van der Waals surface area contributed by atoms with Gasteiger partial charge in [0.05, 0.1) is 35.2 Å². The van der Waals surface area contributed by atoms with E-state index in [4.69, 9.17) is 4.74 Å². The van der Waals surface area contributed by atoms with Gasteiger partial charge < -0.3 is 14.7 Å². The molecule has 0 aliphatic carbocycles. The van der Waals surface area contributed by atoms with Crippen molar-refractivity contribution in [2.75, 3.05) is 18.0 Å². The molecule has 1 saturated heterocycles. The molecule has 0 unspecified atom stereocenters. The lowest BCUT2D eigenvalue weighted by atomic mass is 10.1. The van der Waals surface area contributed by atoms with Gasteiger partial charge in [-0.15, -0.1) is 0 Å². The number of pyridine rings is 1. The highest BCUT2D eigenvalue weighted by Gasteiger charge is 2.33. The maximum atomic E-state index is 12.8. The van der Waals surface area contributed by atoms with Gasteiger partial charge in [0.2, 0.25) is 0 Å². The molecule has 1 atom stereocenters. The van der Waals surface area contributed by atoms with Crippen LogP contribution in [0.4, 0.5) is 18.9 Å². The molecule has 1 N–H and O–H groups in total. The third-order valence-corrected chi connectivity index (χ3v) is 4.23. The lowest BCUT2D eigenvalue weighted by Crippen LogP contribution is -2.25. The van der Waals surface area contributed by atoms with Crippen molar-refractivity contribution in [3.63, 3.8) is 0 Å². The number of carboxylic acids is 1. The van der Waals surface area contributed by atoms with E-state index in [2.05, 4.69) is 4.98 Å². The summed E-state index contributed by atoms with van der Waals surface area (Å²) in [7, 11) is 0. The van der Waals surface area contributed by atoms with Crippen LogP contribution in [0.5, 0.6) is 0 Å². The van der Waals surface area contributed by atoms with E-state index in [0.717, 1.165) is 11.8 Å². The number of anilines is 1. The Hall–Kier alpha value is -2.61. The zero-order valence-electron chi connectivity index (χ0n) is 13.7. The highest BCUT2D eigenvalue weighted by atomic mass is 19.4. The summed E-state index contributed by atoms with van der Waals surface area (Å²) in [6, 6.07) is 8.30. The van der Waals surface area contributed by atoms with Crippen LogP contribution in [0.2, 0.25) is 0 Å². The van der Waals surface area contributed by atoms with Gasteiger partial charge in [-0.05, 0) is 36.8 Å². The van der Waals surface area contributed by atoms with Gasteiger partial charge in [-0.3, -0.25) is 4.98 Å². The van der Waals surface area contributed by atoms with E-state index in [9.17, 15) is 23.1 Å². The summed E-state index contributed by atoms with van der Waals surface area (Å²) >= 11 is 0. The van der Waals surface area contributed by atoms with Gasteiger partial charge >= 0.3 is 12.1 Å². The van der Waals surface area contributed by atoms with Gasteiger partial charge in [0.1, 0.15) is 0 Å². The van der Waals surface area contributed by atoms with E-state index in [-0.39, 0.29) is 17.4 Å². The van der Waals surface area contributed by atoms with Gasteiger partial charge in [0, 0.05) is 19.3 Å². The molecule has 1 aliphatic rings. The second-order valence-corrected chi connectivity index (χ2v) is 6.02. The number of aromatic carboxylic acids is 1. The molecule has 2 aromatic rings. The number of hydrogen-bond donors (Lipinski definition) is 1. The number of benzene rings is 1. The molecular formula is C18H17F3N2O3. The summed E-state index contributed by atoms with van der Waals surface area (Å²) in [5.74, 6) is -1.39. The Morgan fingerprint density at radius 1 is 1.31 bits per heavy atom. The molecule has 2 heterocycles. The minimum Gasteiger partial charge on any atom is -0.478 e. The Morgan fingerprint density at radius 2 is 2.12 bits per heavy atom. The summed E-state index contributed by atoms with van der Waals surface area (Å²) in [5, 5.41) is 9.30. The Balaban J connectivity index is 1.70. The van der Waals surface area contributed by atoms with Crippen LogP contribution in [0.1, 0.15) is 28.0 Å². The fourth-order valence-electron chi connectivity index (χ4n) is 2.93. The third-order valence-electron chi connectivity index (χ3n) is 4.23. The molecule has 3 rings (SSSR count). The molecule has 5 nitrogen and oxygen atoms in total. The van der Waals surface area contributed by atoms with Gasteiger partial charge in [-0.1, -0.05) is 6.07 Å². The van der Waals surface area contributed by atoms with Crippen LogP contribution in [0, 0.1) is 0 Å². The fourth-order valence-corrected chi connectivity index (χ4v) is 2.93. The first-order valence-electron chi connectivity index (χ1n) is 8.05. The molecule has 1 aliphatic heterocycles.